The summed E-state index contributed by atoms with van der Waals surface area (Å²) in [5.41, 5.74) is 1.19. The number of hydrazine groups is 2. The van der Waals surface area contributed by atoms with Gasteiger partial charge in [-0.25, -0.2) is 21.7 Å². The van der Waals surface area contributed by atoms with E-state index in [1.54, 1.807) is 11.1 Å². The fourth-order valence-electron chi connectivity index (χ4n) is 5.14. The third-order valence-corrected chi connectivity index (χ3v) is 7.67. The first kappa shape index (κ1) is 29.4. The molecule has 224 valence electrons. The molecule has 0 bridgehead atoms. The number of halogens is 1. The SMILES string of the molecule is CC1=C(C(=O)N2CCC3(CC2)CN(N)C(=NC(=O)c2nc(Cl)c(N=NN)nc2N=NN)N3N)C=NC(c2ccccc2)N1. The van der Waals surface area contributed by atoms with Crippen LogP contribution in [-0.4, -0.2) is 74.0 Å². The number of carbonyl (C=O) groups excluding carboxylic acids is 2. The number of nitrogens with zero attached hydrogens (tertiary/aromatic N) is 11. The Hall–Kier alpha value is -5.07. The largest absolute Gasteiger partial charge is 0.363 e. The third-order valence-electron chi connectivity index (χ3n) is 7.41. The first-order valence-electron chi connectivity index (χ1n) is 13.0. The maximum Gasteiger partial charge on any atom is 0.302 e. The highest BCUT2D eigenvalue weighted by Gasteiger charge is 2.49. The maximum absolute atomic E-state index is 13.4. The molecule has 2 aromatic rings. The average molecular weight is 609 g/mol. The monoisotopic (exact) mass is 608 g/mol. The van der Waals surface area contributed by atoms with Crippen LogP contribution in [0.1, 0.15) is 42.0 Å². The molecule has 3 aliphatic heterocycles. The molecular weight excluding hydrogens is 580 g/mol. The van der Waals surface area contributed by atoms with Gasteiger partial charge in [-0.1, -0.05) is 52.4 Å². The van der Waals surface area contributed by atoms with Crippen molar-refractivity contribution in [2.75, 3.05) is 19.6 Å². The second-order valence-corrected chi connectivity index (χ2v) is 10.3. The highest BCUT2D eigenvalue weighted by atomic mass is 35.5. The molecule has 3 aliphatic rings. The number of nitrogens with two attached hydrogens (primary N) is 4. The van der Waals surface area contributed by atoms with Crippen molar-refractivity contribution >= 4 is 47.2 Å². The van der Waals surface area contributed by atoms with Gasteiger partial charge in [0.2, 0.25) is 17.6 Å². The molecule has 1 aromatic carbocycles. The van der Waals surface area contributed by atoms with E-state index >= 15 is 0 Å². The molecule has 0 aliphatic carbocycles. The van der Waals surface area contributed by atoms with Crippen LogP contribution in [0, 0.1) is 0 Å². The Bertz CT molecular complexity index is 1560. The Labute approximate surface area is 250 Å². The molecule has 18 nitrogen and oxygen atoms in total. The molecule has 2 amide bonds. The maximum atomic E-state index is 13.4. The van der Waals surface area contributed by atoms with E-state index < -0.39 is 11.4 Å². The molecule has 43 heavy (non-hydrogen) atoms. The van der Waals surface area contributed by atoms with Crippen LogP contribution < -0.4 is 28.7 Å². The fourth-order valence-corrected chi connectivity index (χ4v) is 5.31. The smallest absolute Gasteiger partial charge is 0.302 e. The lowest BCUT2D eigenvalue weighted by molar-refractivity contribution is -0.128. The lowest BCUT2D eigenvalue weighted by Gasteiger charge is -2.42. The first-order valence-corrected chi connectivity index (χ1v) is 13.4. The summed E-state index contributed by atoms with van der Waals surface area (Å²) in [6.07, 6.45) is 2.31. The van der Waals surface area contributed by atoms with Crippen LogP contribution in [0.3, 0.4) is 0 Å². The standard InChI is InChI=1S/C24H29ClN16O2/c1-13-15(11-30-18(31-13)14-5-3-2-4-6-14)22(43)39-9-7-24(8-10-39)12-40(28)23(41(24)29)34-21(42)16-19(35-37-26)33-20(36-38-27)17(25)32-16/h2-6,11,18,31H,7-10,12,28-29H2,1H3,(H4,26,27,33,35,36). The van der Waals surface area contributed by atoms with E-state index in [9.17, 15) is 9.59 Å². The Kier molecular flexibility index (Phi) is 8.24. The van der Waals surface area contributed by atoms with E-state index in [1.807, 2.05) is 37.3 Å². The van der Waals surface area contributed by atoms with Crippen LogP contribution in [0.5, 0.6) is 0 Å². The summed E-state index contributed by atoms with van der Waals surface area (Å²) < 4.78 is 0. The number of aromatic nitrogens is 2. The van der Waals surface area contributed by atoms with Gasteiger partial charge in [0.25, 0.3) is 5.91 Å². The summed E-state index contributed by atoms with van der Waals surface area (Å²) in [5.74, 6) is 21.3. The number of rotatable bonds is 5. The number of allylic oxidation sites excluding steroid dienone is 1. The second-order valence-electron chi connectivity index (χ2n) is 9.95. The summed E-state index contributed by atoms with van der Waals surface area (Å²) >= 11 is 6.05. The number of amides is 2. The summed E-state index contributed by atoms with van der Waals surface area (Å²) in [4.78, 5) is 44.8. The van der Waals surface area contributed by atoms with Gasteiger partial charge in [-0.15, -0.1) is 10.2 Å². The molecule has 0 radical (unpaired) electrons. The average Bonchev–Trinajstić information content (AvgIpc) is 3.23. The Morgan fingerprint density at radius 2 is 1.72 bits per heavy atom. The first-order chi connectivity index (χ1) is 20.7. The topological polar surface area (TPSA) is 260 Å². The van der Waals surface area contributed by atoms with E-state index in [-0.39, 0.29) is 47.1 Å². The van der Waals surface area contributed by atoms with Crippen LogP contribution in [0.4, 0.5) is 11.6 Å². The molecule has 0 saturated carbocycles. The number of carbonyl (C=O) groups is 2. The van der Waals surface area contributed by atoms with E-state index in [0.29, 0.717) is 31.5 Å². The third kappa shape index (κ3) is 5.70. The Morgan fingerprint density at radius 1 is 1.05 bits per heavy atom. The van der Waals surface area contributed by atoms with Crippen molar-refractivity contribution < 1.29 is 9.59 Å². The zero-order valence-electron chi connectivity index (χ0n) is 23.0. The van der Waals surface area contributed by atoms with Gasteiger partial charge in [-0.2, -0.15) is 4.99 Å². The molecule has 1 atom stereocenters. The number of nitrogens with one attached hydrogen (secondary N) is 1. The van der Waals surface area contributed by atoms with Gasteiger partial charge in [0.1, 0.15) is 6.17 Å². The van der Waals surface area contributed by atoms with Crippen molar-refractivity contribution in [3.8, 4) is 0 Å². The number of likely N-dealkylation sites (tertiary alicyclic amines) is 1. The van der Waals surface area contributed by atoms with Crippen molar-refractivity contribution in [1.82, 2.24) is 30.2 Å². The highest BCUT2D eigenvalue weighted by Crippen LogP contribution is 2.34. The molecule has 1 spiro atoms. The predicted molar refractivity (Wildman–Crippen MR) is 155 cm³/mol. The van der Waals surface area contributed by atoms with Crippen molar-refractivity contribution in [3.05, 3.63) is 58.0 Å². The number of hydrogen-bond acceptors (Lipinski definition) is 12. The van der Waals surface area contributed by atoms with Crippen LogP contribution >= 0.6 is 11.6 Å². The van der Waals surface area contributed by atoms with E-state index in [0.717, 1.165) is 11.3 Å². The number of hydrogen-bond donors (Lipinski definition) is 5. The van der Waals surface area contributed by atoms with E-state index in [1.165, 1.54) is 10.0 Å². The number of guanidine groups is 1. The zero-order valence-corrected chi connectivity index (χ0v) is 23.8. The van der Waals surface area contributed by atoms with E-state index in [2.05, 4.69) is 45.9 Å². The minimum atomic E-state index is -0.904. The Morgan fingerprint density at radius 3 is 2.37 bits per heavy atom. The van der Waals surface area contributed by atoms with Crippen LogP contribution in [0.15, 0.2) is 72.3 Å². The molecule has 2 fully saturated rings. The summed E-state index contributed by atoms with van der Waals surface area (Å²) in [6, 6.07) is 9.77. The molecule has 4 heterocycles. The highest BCUT2D eigenvalue weighted by molar-refractivity contribution is 6.31. The van der Waals surface area contributed by atoms with Crippen molar-refractivity contribution in [1.29, 1.82) is 0 Å². The number of benzene rings is 1. The van der Waals surface area contributed by atoms with Crippen LogP contribution in [0.2, 0.25) is 5.15 Å². The zero-order chi connectivity index (χ0) is 30.7. The van der Waals surface area contributed by atoms with Gasteiger partial charge >= 0.3 is 5.91 Å². The Balaban J connectivity index is 1.28. The molecule has 2 saturated heterocycles. The summed E-state index contributed by atoms with van der Waals surface area (Å²) in [7, 11) is 0. The molecule has 1 aromatic heterocycles. The number of piperidine rings is 1. The molecule has 5 rings (SSSR count). The van der Waals surface area contributed by atoms with Gasteiger partial charge in [-0.05, 0) is 25.3 Å². The minimum Gasteiger partial charge on any atom is -0.363 e. The van der Waals surface area contributed by atoms with Gasteiger partial charge < -0.3 is 21.9 Å². The van der Waals surface area contributed by atoms with Gasteiger partial charge in [0.05, 0.1) is 17.7 Å². The molecule has 1 unspecified atom stereocenters. The van der Waals surface area contributed by atoms with Crippen LogP contribution in [-0.2, 0) is 4.79 Å². The normalized spacial score (nSPS) is 21.1. The molecule has 9 N–H and O–H groups in total. The van der Waals surface area contributed by atoms with Crippen molar-refractivity contribution in [3.63, 3.8) is 0 Å². The fraction of sp³-hybridized carbons (Fsp3) is 0.333. The van der Waals surface area contributed by atoms with Crippen molar-refractivity contribution in [2.24, 2.45) is 54.0 Å². The predicted octanol–water partition coefficient (Wildman–Crippen LogP) is 0.914. The molecule has 19 heteroatoms. The van der Waals surface area contributed by atoms with Gasteiger partial charge in [0, 0.05) is 25.0 Å². The summed E-state index contributed by atoms with van der Waals surface area (Å²) in [5, 5.41) is 19.0. The minimum absolute atomic E-state index is 0.0156. The molecular formula is C24H29ClN16O2. The van der Waals surface area contributed by atoms with E-state index in [4.69, 9.17) is 35.0 Å². The van der Waals surface area contributed by atoms with Crippen molar-refractivity contribution in [2.45, 2.75) is 31.5 Å². The number of aliphatic imine (C=N–C) groups is 2. The quantitative estimate of drug-likeness (QED) is 0.181. The lowest BCUT2D eigenvalue weighted by Crippen LogP contribution is -2.58. The second kappa shape index (κ2) is 12.0. The van der Waals surface area contributed by atoms with Crippen LogP contribution in [0.25, 0.3) is 0 Å². The van der Waals surface area contributed by atoms with Gasteiger partial charge in [-0.3, -0.25) is 24.6 Å². The lowest BCUT2D eigenvalue weighted by atomic mass is 9.87. The van der Waals surface area contributed by atoms with Gasteiger partial charge in [0.15, 0.2) is 10.8 Å². The summed E-state index contributed by atoms with van der Waals surface area (Å²) in [6.45, 7) is 2.91.